The summed E-state index contributed by atoms with van der Waals surface area (Å²) in [6, 6.07) is 16.4. The number of aliphatic carboxylic acids is 1. The molecule has 0 spiro atoms. The van der Waals surface area contributed by atoms with E-state index in [0.29, 0.717) is 13.1 Å². The maximum atomic E-state index is 12.9. The van der Waals surface area contributed by atoms with Crippen LogP contribution in [0.2, 0.25) is 0 Å². The number of carbonyl (C=O) groups is 2. The molecule has 2 aromatic carbocycles. The maximum absolute atomic E-state index is 12.9. The highest BCUT2D eigenvalue weighted by Crippen LogP contribution is 2.44. The van der Waals surface area contributed by atoms with Crippen LogP contribution in [0.15, 0.2) is 60.9 Å². The molecule has 1 saturated heterocycles. The van der Waals surface area contributed by atoms with E-state index in [1.807, 2.05) is 37.4 Å². The number of carbonyl (C=O) groups excluding carboxylic acids is 1. The van der Waals surface area contributed by atoms with Crippen molar-refractivity contribution in [2.75, 3.05) is 19.7 Å². The lowest BCUT2D eigenvalue weighted by atomic mass is 9.91. The van der Waals surface area contributed by atoms with Crippen LogP contribution in [0.1, 0.15) is 35.4 Å². The van der Waals surface area contributed by atoms with Gasteiger partial charge in [0.1, 0.15) is 6.61 Å². The molecule has 1 aromatic heterocycles. The third kappa shape index (κ3) is 3.43. The molecular weight excluding hydrogens is 406 g/mol. The molecule has 0 radical (unpaired) electrons. The number of nitrogens with zero attached hydrogens (tertiary/aromatic N) is 3. The van der Waals surface area contributed by atoms with Crippen molar-refractivity contribution in [1.29, 1.82) is 0 Å². The van der Waals surface area contributed by atoms with E-state index in [4.69, 9.17) is 4.74 Å². The molecule has 2 atom stereocenters. The maximum Gasteiger partial charge on any atom is 0.409 e. The second-order valence-electron chi connectivity index (χ2n) is 8.39. The van der Waals surface area contributed by atoms with Crippen LogP contribution in [-0.2, 0) is 16.1 Å². The van der Waals surface area contributed by atoms with Crippen molar-refractivity contribution in [3.05, 3.63) is 77.6 Å². The van der Waals surface area contributed by atoms with Crippen molar-refractivity contribution < 1.29 is 19.4 Å². The average Bonchev–Trinajstić information content (AvgIpc) is 3.53. The monoisotopic (exact) mass is 431 g/mol. The summed E-state index contributed by atoms with van der Waals surface area (Å²) in [6.45, 7) is 3.35. The van der Waals surface area contributed by atoms with Crippen molar-refractivity contribution >= 4 is 12.1 Å². The molecule has 164 valence electrons. The van der Waals surface area contributed by atoms with E-state index < -0.39 is 18.0 Å². The molecule has 0 bridgehead atoms. The van der Waals surface area contributed by atoms with Gasteiger partial charge in [0.2, 0.25) is 0 Å². The van der Waals surface area contributed by atoms with Crippen molar-refractivity contribution in [2.24, 2.45) is 5.92 Å². The number of hydrogen-bond donors (Lipinski definition) is 1. The topological polar surface area (TPSA) is 84.7 Å². The molecule has 1 fully saturated rings. The van der Waals surface area contributed by atoms with Gasteiger partial charge in [0.15, 0.2) is 0 Å². The largest absolute Gasteiger partial charge is 0.481 e. The van der Waals surface area contributed by atoms with Crippen molar-refractivity contribution in [1.82, 2.24) is 14.7 Å². The molecule has 2 unspecified atom stereocenters. The Balaban J connectivity index is 1.31. The third-order valence-electron chi connectivity index (χ3n) is 6.64. The molecule has 1 N–H and O–H groups in total. The zero-order valence-electron chi connectivity index (χ0n) is 17.8. The second-order valence-corrected chi connectivity index (χ2v) is 8.39. The zero-order valence-corrected chi connectivity index (χ0v) is 17.8. The van der Waals surface area contributed by atoms with Crippen LogP contribution in [0, 0.1) is 5.92 Å². The van der Waals surface area contributed by atoms with Crippen LogP contribution < -0.4 is 0 Å². The highest BCUT2D eigenvalue weighted by atomic mass is 16.6. The van der Waals surface area contributed by atoms with E-state index in [-0.39, 0.29) is 25.0 Å². The fourth-order valence-corrected chi connectivity index (χ4v) is 4.97. The Morgan fingerprint density at radius 3 is 2.31 bits per heavy atom. The predicted molar refractivity (Wildman–Crippen MR) is 118 cm³/mol. The molecule has 0 saturated carbocycles. The van der Waals surface area contributed by atoms with Crippen molar-refractivity contribution in [2.45, 2.75) is 25.3 Å². The van der Waals surface area contributed by atoms with Crippen LogP contribution in [0.3, 0.4) is 0 Å². The molecule has 1 aliphatic heterocycles. The lowest BCUT2D eigenvalue weighted by Gasteiger charge is -2.19. The van der Waals surface area contributed by atoms with Crippen LogP contribution >= 0.6 is 0 Å². The van der Waals surface area contributed by atoms with Crippen molar-refractivity contribution in [3.63, 3.8) is 0 Å². The van der Waals surface area contributed by atoms with Crippen LogP contribution in [-0.4, -0.2) is 51.5 Å². The lowest BCUT2D eigenvalue weighted by molar-refractivity contribution is -0.141. The Morgan fingerprint density at radius 1 is 1.06 bits per heavy atom. The summed E-state index contributed by atoms with van der Waals surface area (Å²) >= 11 is 0. The number of carboxylic acids is 1. The van der Waals surface area contributed by atoms with E-state index >= 15 is 0 Å². The number of fused-ring (bicyclic) bond motifs is 3. The summed E-state index contributed by atoms with van der Waals surface area (Å²) in [6.07, 6.45) is 3.09. The van der Waals surface area contributed by atoms with E-state index in [2.05, 4.69) is 29.4 Å². The molecule has 5 rings (SSSR count). The first kappa shape index (κ1) is 20.3. The molecular formula is C25H25N3O4. The van der Waals surface area contributed by atoms with Gasteiger partial charge in [-0.2, -0.15) is 5.10 Å². The van der Waals surface area contributed by atoms with Crippen molar-refractivity contribution in [3.8, 4) is 11.1 Å². The number of aryl methyl sites for hydroxylation is 1. The Hall–Kier alpha value is -3.61. The van der Waals surface area contributed by atoms with E-state index in [1.54, 1.807) is 10.9 Å². The quantitative estimate of drug-likeness (QED) is 0.661. The van der Waals surface area contributed by atoms with Gasteiger partial charge in [0.05, 0.1) is 12.1 Å². The lowest BCUT2D eigenvalue weighted by Crippen LogP contribution is -2.31. The minimum absolute atomic E-state index is 0.0252. The third-order valence-corrected chi connectivity index (χ3v) is 6.64. The average molecular weight is 431 g/mol. The normalized spacial score (nSPS) is 19.6. The predicted octanol–water partition coefficient (Wildman–Crippen LogP) is 3.95. The summed E-state index contributed by atoms with van der Waals surface area (Å²) in [5.74, 6) is -1.91. The van der Waals surface area contributed by atoms with E-state index in [0.717, 1.165) is 16.7 Å². The number of amides is 1. The van der Waals surface area contributed by atoms with Gasteiger partial charge in [0, 0.05) is 37.7 Å². The standard InChI is InChI=1S/C25H25N3O4/c1-2-28-12-16(11-26-28)21-13-27(14-22(21)24(29)30)25(31)32-15-23-19-9-5-3-7-17(19)18-8-4-6-10-20(18)23/h3-12,21-23H,2,13-15H2,1H3,(H,29,30). The summed E-state index contributed by atoms with van der Waals surface area (Å²) in [4.78, 5) is 26.3. The number of benzene rings is 2. The molecule has 2 heterocycles. The second kappa shape index (κ2) is 8.15. The van der Waals surface area contributed by atoms with Gasteiger partial charge in [-0.25, -0.2) is 4.79 Å². The fraction of sp³-hybridized carbons (Fsp3) is 0.320. The minimum Gasteiger partial charge on any atom is -0.481 e. The van der Waals surface area contributed by atoms with Crippen LogP contribution in [0.4, 0.5) is 4.79 Å². The van der Waals surface area contributed by atoms with E-state index in [1.165, 1.54) is 16.0 Å². The summed E-state index contributed by atoms with van der Waals surface area (Å²) in [5, 5.41) is 14.0. The van der Waals surface area contributed by atoms with Gasteiger partial charge in [0.25, 0.3) is 0 Å². The first-order chi connectivity index (χ1) is 15.6. The SMILES string of the molecule is CCn1cc(C2CN(C(=O)OCC3c4ccccc4-c4ccccc43)CC2C(=O)O)cn1. The van der Waals surface area contributed by atoms with Gasteiger partial charge in [-0.05, 0) is 34.7 Å². The van der Waals surface area contributed by atoms with Gasteiger partial charge >= 0.3 is 12.1 Å². The Kier molecular flexibility index (Phi) is 5.17. The number of carboxylic acid groups (broad SMARTS) is 1. The zero-order chi connectivity index (χ0) is 22.2. The molecule has 7 heteroatoms. The first-order valence-corrected chi connectivity index (χ1v) is 10.9. The fourth-order valence-electron chi connectivity index (χ4n) is 4.97. The first-order valence-electron chi connectivity index (χ1n) is 10.9. The summed E-state index contributed by atoms with van der Waals surface area (Å²) in [5.41, 5.74) is 5.48. The van der Waals surface area contributed by atoms with E-state index in [9.17, 15) is 14.7 Å². The van der Waals surface area contributed by atoms with Crippen LogP contribution in [0.25, 0.3) is 11.1 Å². The smallest absolute Gasteiger partial charge is 0.409 e. The number of ether oxygens (including phenoxy) is 1. The number of aromatic nitrogens is 2. The molecule has 7 nitrogen and oxygen atoms in total. The molecule has 1 aliphatic carbocycles. The Morgan fingerprint density at radius 2 is 1.72 bits per heavy atom. The number of hydrogen-bond acceptors (Lipinski definition) is 4. The summed E-state index contributed by atoms with van der Waals surface area (Å²) in [7, 11) is 0. The Labute approximate surface area is 186 Å². The highest BCUT2D eigenvalue weighted by Gasteiger charge is 2.42. The molecule has 1 amide bonds. The minimum atomic E-state index is -0.909. The number of rotatable bonds is 5. The summed E-state index contributed by atoms with van der Waals surface area (Å²) < 4.78 is 7.50. The van der Waals surface area contributed by atoms with Gasteiger partial charge < -0.3 is 14.7 Å². The van der Waals surface area contributed by atoms with Gasteiger partial charge in [-0.15, -0.1) is 0 Å². The van der Waals surface area contributed by atoms with Crippen LogP contribution in [0.5, 0.6) is 0 Å². The highest BCUT2D eigenvalue weighted by molar-refractivity contribution is 5.79. The Bertz CT molecular complexity index is 1130. The van der Waals surface area contributed by atoms with Gasteiger partial charge in [-0.3, -0.25) is 9.48 Å². The van der Waals surface area contributed by atoms with Gasteiger partial charge in [-0.1, -0.05) is 48.5 Å². The molecule has 3 aromatic rings. The number of likely N-dealkylation sites (tertiary alicyclic amines) is 1. The molecule has 32 heavy (non-hydrogen) atoms. The molecule has 2 aliphatic rings.